The number of aliphatic hydroxyl groups is 2. The van der Waals surface area contributed by atoms with E-state index in [1.165, 1.54) is 115 Å². The van der Waals surface area contributed by atoms with E-state index >= 15 is 39.5 Å². The van der Waals surface area contributed by atoms with Gasteiger partial charge in [0.25, 0.3) is 39.8 Å². The summed E-state index contributed by atoms with van der Waals surface area (Å²) in [6.45, 7) is -1.39. The maximum Gasteiger partial charge on any atom is 0.432 e. The summed E-state index contributed by atoms with van der Waals surface area (Å²) in [5, 5.41) is 28.0. The second kappa shape index (κ2) is 51.8. The van der Waals surface area contributed by atoms with Gasteiger partial charge in [0.15, 0.2) is 6.10 Å². The zero-order valence-corrected chi connectivity index (χ0v) is 75.0. The van der Waals surface area contributed by atoms with Gasteiger partial charge >= 0.3 is 54.8 Å². The summed E-state index contributed by atoms with van der Waals surface area (Å²) >= 11 is 0. The molecule has 39 heteroatoms. The van der Waals surface area contributed by atoms with Crippen LogP contribution in [-0.4, -0.2) is 200 Å². The third-order valence-corrected chi connectivity index (χ3v) is 23.2. The lowest BCUT2D eigenvalue weighted by Crippen LogP contribution is -2.59. The molecule has 0 unspecified atom stereocenters. The van der Waals surface area contributed by atoms with Crippen LogP contribution in [0.5, 0.6) is 5.75 Å². The minimum Gasteiger partial charge on any atom is -0.491 e. The molecule has 134 heavy (non-hydrogen) atoms. The van der Waals surface area contributed by atoms with Crippen molar-refractivity contribution in [1.82, 2.24) is 16.0 Å². The Bertz CT molecular complexity index is 4550. The number of alkyl halides is 15. The van der Waals surface area contributed by atoms with Crippen LogP contribution in [0.3, 0.4) is 0 Å². The van der Waals surface area contributed by atoms with E-state index in [0.717, 1.165) is 93.5 Å². The molecular formula is C95H116F15N3O21. The van der Waals surface area contributed by atoms with E-state index in [-0.39, 0.29) is 56.1 Å². The number of unbranched alkanes of at least 4 members (excludes halogenated alkanes) is 13. The number of methoxy groups -OCH3 is 5. The van der Waals surface area contributed by atoms with Crippen molar-refractivity contribution in [2.75, 3.05) is 75.1 Å². The summed E-state index contributed by atoms with van der Waals surface area (Å²) in [7, 11) is 3.23. The fraction of sp³-hybridized carbons (Fsp3) is 0.547. The lowest BCUT2D eigenvalue weighted by molar-refractivity contribution is -0.279. The van der Waals surface area contributed by atoms with Crippen molar-refractivity contribution >= 4 is 41.6 Å². The molecule has 7 rings (SSSR count). The SMILES string of the molecule is CCC(=O)N[C@@H](CO)COc1ccc([C@@H](O)CNC(=O)[C@H](CCC[C@H](OC(=O)[C@](OC)(c2ccccc2)C(F)(F)F)[C@H]2O[C@H]2CCCCCCC[C@@H](CCCCCCCCCCCCOC[C@H](COC(=O)[C@](OC)(c2ccccc2)C(F)(F)F)NC(=O)[C@](OC)(c2ccccc2)C(F)(F)F)OC(=O)[C@](OC)(c2ccccc2)C(F)(F)F)OC(=O)[C@](OC)(c2ccccc2)C(F)(F)F)cc1. The number of ether oxygens (including phenoxy) is 12. The summed E-state index contributed by atoms with van der Waals surface area (Å²) in [6.07, 6.45) is -27.8. The predicted octanol–water partition coefficient (Wildman–Crippen LogP) is 17.4. The van der Waals surface area contributed by atoms with Gasteiger partial charge < -0.3 is 83.0 Å². The number of esters is 4. The molecule has 1 heterocycles. The Balaban J connectivity index is 0.955. The van der Waals surface area contributed by atoms with E-state index in [1.54, 1.807) is 6.92 Å². The number of epoxide rings is 1. The molecule has 3 amide bonds. The number of carbonyl (C=O) groups excluding carboxylic acids is 7. The van der Waals surface area contributed by atoms with Gasteiger partial charge in [-0.3, -0.25) is 14.4 Å². The summed E-state index contributed by atoms with van der Waals surface area (Å²) < 4.78 is 291. The molecule has 0 spiro atoms. The van der Waals surface area contributed by atoms with Gasteiger partial charge in [0, 0.05) is 82.9 Å². The lowest BCUT2D eigenvalue weighted by atomic mass is 9.91. The van der Waals surface area contributed by atoms with Crippen LogP contribution in [0.4, 0.5) is 65.9 Å². The number of hydrogen-bond donors (Lipinski definition) is 5. The van der Waals surface area contributed by atoms with E-state index in [4.69, 9.17) is 56.8 Å². The second-order valence-electron chi connectivity index (χ2n) is 32.1. The van der Waals surface area contributed by atoms with Gasteiger partial charge in [-0.25, -0.2) is 19.2 Å². The van der Waals surface area contributed by atoms with Gasteiger partial charge in [0.2, 0.25) is 5.91 Å². The topological polar surface area (TPSA) is 310 Å². The van der Waals surface area contributed by atoms with E-state index in [1.807, 2.05) is 0 Å². The van der Waals surface area contributed by atoms with Crippen LogP contribution in [-0.2, 0) is 114 Å². The van der Waals surface area contributed by atoms with Crippen molar-refractivity contribution in [3.05, 3.63) is 209 Å². The molecule has 1 aliphatic heterocycles. The van der Waals surface area contributed by atoms with Gasteiger partial charge in [-0.05, 0) is 75.5 Å². The molecule has 0 radical (unpaired) electrons. The Labute approximate surface area is 766 Å². The van der Waals surface area contributed by atoms with E-state index < -0.39 is 217 Å². The maximum absolute atomic E-state index is 15.4. The molecule has 1 fully saturated rings. The van der Waals surface area contributed by atoms with Gasteiger partial charge in [0.05, 0.1) is 37.5 Å². The lowest BCUT2D eigenvalue weighted by Gasteiger charge is -2.35. The highest BCUT2D eigenvalue weighted by atomic mass is 19.4. The second-order valence-corrected chi connectivity index (χ2v) is 32.1. The Kier molecular flexibility index (Phi) is 42.9. The summed E-state index contributed by atoms with van der Waals surface area (Å²) in [5.41, 5.74) is -21.4. The number of aliphatic hydroxyl groups excluding tert-OH is 2. The van der Waals surface area contributed by atoms with Gasteiger partial charge in [0.1, 0.15) is 37.3 Å². The van der Waals surface area contributed by atoms with Crippen molar-refractivity contribution in [3.63, 3.8) is 0 Å². The van der Waals surface area contributed by atoms with Crippen molar-refractivity contribution in [1.29, 1.82) is 0 Å². The third kappa shape index (κ3) is 28.6. The monoisotopic (exact) mass is 1920 g/mol. The first-order valence-electron chi connectivity index (χ1n) is 43.9. The van der Waals surface area contributed by atoms with Crippen molar-refractivity contribution < 1.29 is 166 Å². The van der Waals surface area contributed by atoms with Crippen LogP contribution in [0.2, 0.25) is 0 Å². The zero-order valence-electron chi connectivity index (χ0n) is 75.0. The quantitative estimate of drug-likeness (QED) is 0.00779. The molecule has 742 valence electrons. The number of rotatable bonds is 59. The number of hydrogen-bond acceptors (Lipinski definition) is 21. The van der Waals surface area contributed by atoms with Crippen LogP contribution in [0.15, 0.2) is 176 Å². The molecule has 0 aliphatic carbocycles. The van der Waals surface area contributed by atoms with Gasteiger partial charge in [-0.1, -0.05) is 248 Å². The summed E-state index contributed by atoms with van der Waals surface area (Å²) in [4.78, 5) is 95.9. The molecule has 0 saturated carbocycles. The molecule has 0 bridgehead atoms. The predicted molar refractivity (Wildman–Crippen MR) is 454 cm³/mol. The summed E-state index contributed by atoms with van der Waals surface area (Å²) in [6, 6.07) is 32.4. The van der Waals surface area contributed by atoms with Crippen molar-refractivity contribution in [2.24, 2.45) is 0 Å². The molecule has 5 N–H and O–H groups in total. The Hall–Kier alpha value is -10.0. The minimum absolute atomic E-state index is 0.0378. The Morgan fingerprint density at radius 1 is 0.403 bits per heavy atom. The largest absolute Gasteiger partial charge is 0.491 e. The Morgan fingerprint density at radius 2 is 0.784 bits per heavy atom. The van der Waals surface area contributed by atoms with Crippen LogP contribution >= 0.6 is 0 Å². The van der Waals surface area contributed by atoms with Gasteiger partial charge in [-0.15, -0.1) is 0 Å². The van der Waals surface area contributed by atoms with Crippen LogP contribution in [0.1, 0.15) is 188 Å². The number of amides is 3. The molecule has 1 saturated heterocycles. The minimum atomic E-state index is -5.54. The van der Waals surface area contributed by atoms with Crippen molar-refractivity contribution in [3.8, 4) is 5.75 Å². The molecule has 0 aromatic heterocycles. The van der Waals surface area contributed by atoms with Gasteiger partial charge in [-0.2, -0.15) is 65.9 Å². The van der Waals surface area contributed by atoms with E-state index in [9.17, 15) is 70.1 Å². The average Bonchev–Trinajstić information content (AvgIpc) is 1.43. The molecule has 6 aromatic rings. The first kappa shape index (κ1) is 111. The highest BCUT2D eigenvalue weighted by Gasteiger charge is 2.69. The number of benzene rings is 6. The fourth-order valence-electron chi connectivity index (χ4n) is 15.7. The zero-order chi connectivity index (χ0) is 98.6. The van der Waals surface area contributed by atoms with Crippen molar-refractivity contribution in [2.45, 2.75) is 256 Å². The fourth-order valence-corrected chi connectivity index (χ4v) is 15.7. The van der Waals surface area contributed by atoms with E-state index in [0.29, 0.717) is 99.1 Å². The third-order valence-electron chi connectivity index (χ3n) is 23.2. The normalized spacial score (nSPS) is 17.3. The Morgan fingerprint density at radius 3 is 1.19 bits per heavy atom. The standard InChI is InChI=1S/C95H116F15N3O21/c1-7-78(116)112-70(60-114)62-129-72-56-54-64(55-57-72)74(115)59-111-80(117)77(134-85(122)90(127-6,95(108,109)110)69-47-32-23-33-48-69)53-38-52-76(133-84(121)89(126-5,94(105,106)107)68-45-30-22-31-46-68)79-75(132-79)51-36-17-14-16-35-50-73(131-83(120)88(125-4,93(102,103)104)67-43-28-21-29-44-67)49-34-15-12-10-8-9-11-13-18-37-58-128-61-71(113-81(118)86(123-2,91(96,97)98)65-39-24-19-25-40-65)63-130-82(119)87(124-3,92(99,100)101)66-41-26-20-27-42-66/h19-33,39-48,54-57,70-71,73-77,79,114-115H,7-18,34-38,49-53,58-63H2,1-6H3,(H,111,117)(H,112,116)(H,113,118)/t70-,71+,73+,74-,75-,76-,77-,79-,86+,87+,88+,89+,90+/m0/s1. The number of carbonyl (C=O) groups is 7. The smallest absolute Gasteiger partial charge is 0.432 e. The average molecular weight is 1920 g/mol. The highest BCUT2D eigenvalue weighted by molar-refractivity contribution is 5.89. The number of halogens is 15. The molecule has 6 aromatic carbocycles. The van der Waals surface area contributed by atoms with E-state index in [2.05, 4.69) is 16.0 Å². The van der Waals surface area contributed by atoms with Crippen LogP contribution in [0.25, 0.3) is 0 Å². The summed E-state index contributed by atoms with van der Waals surface area (Å²) in [5.74, 6) is -10.8. The molecule has 24 nitrogen and oxygen atoms in total. The maximum atomic E-state index is 15.4. The first-order chi connectivity index (χ1) is 63.6. The number of nitrogens with one attached hydrogen (secondary N) is 3. The molecular weight excluding hydrogens is 1800 g/mol. The van der Waals surface area contributed by atoms with Crippen LogP contribution in [0, 0.1) is 0 Å². The molecule has 13 atom stereocenters. The molecule has 1 aliphatic rings. The highest BCUT2D eigenvalue weighted by Crippen LogP contribution is 2.50. The first-order valence-corrected chi connectivity index (χ1v) is 43.9. The van der Waals surface area contributed by atoms with Crippen LogP contribution < -0.4 is 20.7 Å².